The van der Waals surface area contributed by atoms with Crippen molar-refractivity contribution in [1.29, 1.82) is 0 Å². The van der Waals surface area contributed by atoms with Crippen molar-refractivity contribution in [3.63, 3.8) is 0 Å². The highest BCUT2D eigenvalue weighted by molar-refractivity contribution is 5.93. The number of nitrogens with zero attached hydrogens (tertiary/aromatic N) is 6. The topological polar surface area (TPSA) is 95.1 Å². The molecule has 1 aliphatic heterocycles. The first-order valence-corrected chi connectivity index (χ1v) is 8.08. The van der Waals surface area contributed by atoms with Crippen LogP contribution in [0, 0.1) is 0 Å². The van der Waals surface area contributed by atoms with Gasteiger partial charge in [0.15, 0.2) is 11.4 Å². The molecule has 0 aliphatic carbocycles. The lowest BCUT2D eigenvalue weighted by Crippen LogP contribution is -2.39. The fraction of sp³-hybridized carbons (Fsp3) is 0.235. The third kappa shape index (κ3) is 2.73. The van der Waals surface area contributed by atoms with Gasteiger partial charge in [-0.3, -0.25) is 9.48 Å². The van der Waals surface area contributed by atoms with Crippen LogP contribution in [-0.2, 0) is 17.8 Å². The van der Waals surface area contributed by atoms with Crippen LogP contribution in [-0.4, -0.2) is 55.2 Å². The molecule has 0 N–H and O–H groups in total. The van der Waals surface area contributed by atoms with E-state index in [1.807, 2.05) is 30.3 Å². The molecule has 9 nitrogen and oxygen atoms in total. The van der Waals surface area contributed by atoms with Crippen molar-refractivity contribution in [3.8, 4) is 5.69 Å². The zero-order chi connectivity index (χ0) is 18.1. The Morgan fingerprint density at radius 3 is 2.73 bits per heavy atom. The molecule has 132 valence electrons. The lowest BCUT2D eigenvalue weighted by molar-refractivity contribution is 0.0591. The van der Waals surface area contributed by atoms with Gasteiger partial charge < -0.3 is 9.64 Å². The van der Waals surface area contributed by atoms with Crippen molar-refractivity contribution in [2.45, 2.75) is 13.1 Å². The Morgan fingerprint density at radius 1 is 1.15 bits per heavy atom. The molecule has 1 aliphatic rings. The number of benzene rings is 1. The quantitative estimate of drug-likeness (QED) is 0.650. The van der Waals surface area contributed by atoms with E-state index in [4.69, 9.17) is 4.74 Å². The standard InChI is InChI=1S/C17H16N6O3/c1-26-17(25)14-9-13-11-21(7-8-22(13)19-14)16(24)15-10-18-20-23(15)12-5-3-2-4-6-12/h2-6,9-10H,7-8,11H2,1H3. The molecule has 0 saturated heterocycles. The van der Waals surface area contributed by atoms with Crippen molar-refractivity contribution in [1.82, 2.24) is 29.7 Å². The molecule has 4 rings (SSSR count). The first-order valence-electron chi connectivity index (χ1n) is 8.08. The van der Waals surface area contributed by atoms with E-state index < -0.39 is 5.97 Å². The summed E-state index contributed by atoms with van der Waals surface area (Å²) in [4.78, 5) is 26.3. The van der Waals surface area contributed by atoms with Crippen LogP contribution in [0.3, 0.4) is 0 Å². The number of para-hydroxylation sites is 1. The minimum absolute atomic E-state index is 0.175. The maximum atomic E-state index is 13.0. The molecule has 0 saturated carbocycles. The van der Waals surface area contributed by atoms with Crippen LogP contribution in [0.25, 0.3) is 5.69 Å². The summed E-state index contributed by atoms with van der Waals surface area (Å²) in [6.07, 6.45) is 1.46. The summed E-state index contributed by atoms with van der Waals surface area (Å²) < 4.78 is 7.94. The number of aromatic nitrogens is 5. The molecular weight excluding hydrogens is 336 g/mol. The summed E-state index contributed by atoms with van der Waals surface area (Å²) in [5.74, 6) is -0.665. The number of amides is 1. The van der Waals surface area contributed by atoms with Crippen molar-refractivity contribution in [3.05, 3.63) is 59.7 Å². The van der Waals surface area contributed by atoms with Gasteiger partial charge >= 0.3 is 5.97 Å². The van der Waals surface area contributed by atoms with Gasteiger partial charge in [-0.15, -0.1) is 5.10 Å². The summed E-state index contributed by atoms with van der Waals surface area (Å²) in [6.45, 7) is 1.34. The normalized spacial score (nSPS) is 13.3. The van der Waals surface area contributed by atoms with E-state index in [9.17, 15) is 9.59 Å². The van der Waals surface area contributed by atoms with Gasteiger partial charge in [0.2, 0.25) is 0 Å². The number of fused-ring (bicyclic) bond motifs is 1. The maximum absolute atomic E-state index is 13.0. The van der Waals surface area contributed by atoms with E-state index in [1.54, 1.807) is 15.6 Å². The summed E-state index contributed by atoms with van der Waals surface area (Å²) >= 11 is 0. The van der Waals surface area contributed by atoms with E-state index in [0.29, 0.717) is 25.3 Å². The number of hydrogen-bond acceptors (Lipinski definition) is 6. The third-order valence-electron chi connectivity index (χ3n) is 4.25. The van der Waals surface area contributed by atoms with Crippen molar-refractivity contribution >= 4 is 11.9 Å². The van der Waals surface area contributed by atoms with E-state index in [0.717, 1.165) is 11.4 Å². The first-order chi connectivity index (χ1) is 12.7. The van der Waals surface area contributed by atoms with Gasteiger partial charge in [0.05, 0.1) is 37.8 Å². The number of esters is 1. The number of carbonyl (C=O) groups excluding carboxylic acids is 2. The molecule has 9 heteroatoms. The van der Waals surface area contributed by atoms with Crippen LogP contribution < -0.4 is 0 Å². The van der Waals surface area contributed by atoms with E-state index in [2.05, 4.69) is 15.4 Å². The predicted octanol–water partition coefficient (Wildman–Crippen LogP) is 0.906. The Balaban J connectivity index is 1.58. The van der Waals surface area contributed by atoms with Crippen LogP contribution in [0.1, 0.15) is 26.7 Å². The first kappa shape index (κ1) is 16.0. The molecule has 3 aromatic rings. The number of hydrogen-bond donors (Lipinski definition) is 0. The Labute approximate surface area is 148 Å². The van der Waals surface area contributed by atoms with Crippen LogP contribution in [0.4, 0.5) is 0 Å². The molecule has 2 aromatic heterocycles. The molecule has 0 unspecified atom stereocenters. The van der Waals surface area contributed by atoms with Gasteiger partial charge in [-0.2, -0.15) is 5.10 Å². The predicted molar refractivity (Wildman–Crippen MR) is 89.7 cm³/mol. The Kier molecular flexibility index (Phi) is 3.96. The molecule has 0 spiro atoms. The highest BCUT2D eigenvalue weighted by Gasteiger charge is 2.27. The third-order valence-corrected chi connectivity index (χ3v) is 4.25. The van der Waals surface area contributed by atoms with Gasteiger partial charge in [0.1, 0.15) is 0 Å². The SMILES string of the molecule is COC(=O)c1cc2n(n1)CCN(C(=O)c1cnnn1-c1ccccc1)C2. The zero-order valence-corrected chi connectivity index (χ0v) is 14.1. The highest BCUT2D eigenvalue weighted by atomic mass is 16.5. The summed E-state index contributed by atoms with van der Waals surface area (Å²) in [5.41, 5.74) is 2.18. The maximum Gasteiger partial charge on any atom is 0.358 e. The highest BCUT2D eigenvalue weighted by Crippen LogP contribution is 2.18. The zero-order valence-electron chi connectivity index (χ0n) is 14.1. The Morgan fingerprint density at radius 2 is 1.96 bits per heavy atom. The minimum Gasteiger partial charge on any atom is -0.464 e. The van der Waals surface area contributed by atoms with Crippen molar-refractivity contribution < 1.29 is 14.3 Å². The largest absolute Gasteiger partial charge is 0.464 e. The lowest BCUT2D eigenvalue weighted by atomic mass is 10.2. The molecule has 1 amide bonds. The van der Waals surface area contributed by atoms with E-state index >= 15 is 0 Å². The average Bonchev–Trinajstić information content (AvgIpc) is 3.33. The summed E-state index contributed by atoms with van der Waals surface area (Å²) in [6, 6.07) is 11.0. The van der Waals surface area contributed by atoms with Gasteiger partial charge in [-0.25, -0.2) is 9.48 Å². The van der Waals surface area contributed by atoms with Gasteiger partial charge in [-0.1, -0.05) is 23.4 Å². The molecule has 0 bridgehead atoms. The minimum atomic E-state index is -0.490. The van der Waals surface area contributed by atoms with Crippen LogP contribution in [0.2, 0.25) is 0 Å². The van der Waals surface area contributed by atoms with Crippen LogP contribution in [0.15, 0.2) is 42.6 Å². The van der Waals surface area contributed by atoms with Gasteiger partial charge in [0, 0.05) is 6.54 Å². The van der Waals surface area contributed by atoms with E-state index in [-0.39, 0.29) is 11.6 Å². The number of rotatable bonds is 3. The van der Waals surface area contributed by atoms with Gasteiger partial charge in [0.25, 0.3) is 5.91 Å². The summed E-state index contributed by atoms with van der Waals surface area (Å²) in [7, 11) is 1.31. The van der Waals surface area contributed by atoms with Crippen molar-refractivity contribution in [2.24, 2.45) is 0 Å². The van der Waals surface area contributed by atoms with Crippen molar-refractivity contribution in [2.75, 3.05) is 13.7 Å². The molecule has 0 atom stereocenters. The molecule has 0 fully saturated rings. The van der Waals surface area contributed by atoms with E-state index in [1.165, 1.54) is 18.0 Å². The second-order valence-corrected chi connectivity index (χ2v) is 5.83. The second-order valence-electron chi connectivity index (χ2n) is 5.83. The average molecular weight is 352 g/mol. The second kappa shape index (κ2) is 6.43. The number of carbonyl (C=O) groups is 2. The molecule has 1 aromatic carbocycles. The summed E-state index contributed by atoms with van der Waals surface area (Å²) in [5, 5.41) is 12.1. The number of ether oxygens (including phenoxy) is 1. The monoisotopic (exact) mass is 352 g/mol. The van der Waals surface area contributed by atoms with Gasteiger partial charge in [-0.05, 0) is 18.2 Å². The smallest absolute Gasteiger partial charge is 0.358 e. The molecule has 3 heterocycles. The lowest BCUT2D eigenvalue weighted by Gasteiger charge is -2.27. The Bertz CT molecular complexity index is 962. The van der Waals surface area contributed by atoms with Crippen LogP contribution in [0.5, 0.6) is 0 Å². The molecular formula is C17H16N6O3. The fourth-order valence-corrected chi connectivity index (χ4v) is 2.95. The molecule has 26 heavy (non-hydrogen) atoms. The molecule has 0 radical (unpaired) electrons. The van der Waals surface area contributed by atoms with Crippen LogP contribution >= 0.6 is 0 Å². The fourth-order valence-electron chi connectivity index (χ4n) is 2.95. The Hall–Kier alpha value is -3.49. The number of methoxy groups -OCH3 is 1.